The molecule has 0 bridgehead atoms. The molecule has 0 radical (unpaired) electrons. The van der Waals surface area contributed by atoms with Crippen LogP contribution in [0.25, 0.3) is 11.3 Å². The van der Waals surface area contributed by atoms with Crippen LogP contribution in [0.5, 0.6) is 5.75 Å². The number of hydrogen-bond acceptors (Lipinski definition) is 2. The first-order chi connectivity index (χ1) is 8.77. The topological polar surface area (TPSA) is 38.0 Å². The maximum Gasteiger partial charge on any atom is 0.164 e. The van der Waals surface area contributed by atoms with Crippen LogP contribution in [0.3, 0.4) is 0 Å². The number of hydrogen-bond donors (Lipinski definition) is 1. The van der Waals surface area contributed by atoms with E-state index in [1.165, 1.54) is 0 Å². The fourth-order valence-corrected chi connectivity index (χ4v) is 2.13. The zero-order valence-corrected chi connectivity index (χ0v) is 11.1. The standard InChI is InChI=1S/C15H20N2O/c1-3-5-11-13-15(18)14(17(4-2)16-13)12-9-7-6-8-10-12/h6-10,18H,3-5,11H2,1-2H3. The van der Waals surface area contributed by atoms with Gasteiger partial charge < -0.3 is 5.11 Å². The Bertz CT molecular complexity index is 503. The smallest absolute Gasteiger partial charge is 0.164 e. The number of unbranched alkanes of at least 4 members (excludes halogenated alkanes) is 1. The molecule has 0 atom stereocenters. The van der Waals surface area contributed by atoms with Crippen LogP contribution in [0.15, 0.2) is 30.3 Å². The average molecular weight is 244 g/mol. The largest absolute Gasteiger partial charge is 0.504 e. The van der Waals surface area contributed by atoms with Crippen LogP contribution in [0.4, 0.5) is 0 Å². The molecule has 96 valence electrons. The molecule has 1 heterocycles. The molecule has 0 saturated heterocycles. The molecule has 0 amide bonds. The molecular weight excluding hydrogens is 224 g/mol. The summed E-state index contributed by atoms with van der Waals surface area (Å²) in [5.41, 5.74) is 2.67. The van der Waals surface area contributed by atoms with Gasteiger partial charge in [0.25, 0.3) is 0 Å². The zero-order chi connectivity index (χ0) is 13.0. The van der Waals surface area contributed by atoms with Crippen LogP contribution >= 0.6 is 0 Å². The van der Waals surface area contributed by atoms with Gasteiger partial charge in [-0.15, -0.1) is 0 Å². The van der Waals surface area contributed by atoms with Gasteiger partial charge in [-0.05, 0) is 19.8 Å². The molecule has 0 aliphatic heterocycles. The Labute approximate surface area is 108 Å². The molecule has 1 aromatic carbocycles. The van der Waals surface area contributed by atoms with E-state index in [0.29, 0.717) is 5.75 Å². The van der Waals surface area contributed by atoms with Crippen LogP contribution in [-0.2, 0) is 13.0 Å². The molecule has 3 nitrogen and oxygen atoms in total. The van der Waals surface area contributed by atoms with Crippen molar-refractivity contribution in [3.05, 3.63) is 36.0 Å². The van der Waals surface area contributed by atoms with Crippen molar-refractivity contribution < 1.29 is 5.11 Å². The summed E-state index contributed by atoms with van der Waals surface area (Å²) in [5.74, 6) is 0.344. The zero-order valence-electron chi connectivity index (χ0n) is 11.1. The summed E-state index contributed by atoms with van der Waals surface area (Å²) in [4.78, 5) is 0. The van der Waals surface area contributed by atoms with E-state index < -0.39 is 0 Å². The lowest BCUT2D eigenvalue weighted by atomic mass is 10.1. The van der Waals surface area contributed by atoms with Crippen molar-refractivity contribution in [3.8, 4) is 17.0 Å². The summed E-state index contributed by atoms with van der Waals surface area (Å²) in [5, 5.41) is 14.8. The molecule has 0 spiro atoms. The third kappa shape index (κ3) is 2.40. The highest BCUT2D eigenvalue weighted by Crippen LogP contribution is 2.32. The lowest BCUT2D eigenvalue weighted by molar-refractivity contribution is 0.468. The Kier molecular flexibility index (Phi) is 4.03. The Morgan fingerprint density at radius 3 is 2.50 bits per heavy atom. The minimum absolute atomic E-state index is 0.344. The van der Waals surface area contributed by atoms with Gasteiger partial charge in [-0.2, -0.15) is 5.10 Å². The van der Waals surface area contributed by atoms with Gasteiger partial charge in [0.1, 0.15) is 11.4 Å². The quantitative estimate of drug-likeness (QED) is 0.872. The number of nitrogens with zero attached hydrogens (tertiary/aromatic N) is 2. The summed E-state index contributed by atoms with van der Waals surface area (Å²) < 4.78 is 1.88. The summed E-state index contributed by atoms with van der Waals surface area (Å²) in [6.07, 6.45) is 3.01. The second kappa shape index (κ2) is 5.71. The number of aromatic hydroxyl groups is 1. The summed E-state index contributed by atoms with van der Waals surface area (Å²) >= 11 is 0. The molecule has 1 aromatic heterocycles. The van der Waals surface area contributed by atoms with Crippen molar-refractivity contribution in [2.45, 2.75) is 39.7 Å². The highest BCUT2D eigenvalue weighted by molar-refractivity contribution is 5.67. The second-order valence-corrected chi connectivity index (χ2v) is 4.43. The van der Waals surface area contributed by atoms with Crippen molar-refractivity contribution in [1.82, 2.24) is 9.78 Å². The van der Waals surface area contributed by atoms with Crippen molar-refractivity contribution in [2.24, 2.45) is 0 Å². The lowest BCUT2D eigenvalue weighted by Crippen LogP contribution is -1.99. The van der Waals surface area contributed by atoms with Gasteiger partial charge in [-0.1, -0.05) is 43.7 Å². The predicted molar refractivity (Wildman–Crippen MR) is 73.6 cm³/mol. The predicted octanol–water partition coefficient (Wildman–Crippen LogP) is 3.62. The molecule has 0 aliphatic carbocycles. The first-order valence-electron chi connectivity index (χ1n) is 6.62. The van der Waals surface area contributed by atoms with Crippen molar-refractivity contribution in [3.63, 3.8) is 0 Å². The minimum atomic E-state index is 0.344. The Hall–Kier alpha value is -1.77. The van der Waals surface area contributed by atoms with Gasteiger partial charge in [-0.25, -0.2) is 0 Å². The monoisotopic (exact) mass is 244 g/mol. The summed E-state index contributed by atoms with van der Waals surface area (Å²) in [6, 6.07) is 9.95. The van der Waals surface area contributed by atoms with Crippen LogP contribution in [0.1, 0.15) is 32.4 Å². The van der Waals surface area contributed by atoms with Gasteiger partial charge in [-0.3, -0.25) is 4.68 Å². The van der Waals surface area contributed by atoms with Gasteiger partial charge >= 0.3 is 0 Å². The molecule has 3 heteroatoms. The Balaban J connectivity index is 2.43. The lowest BCUT2D eigenvalue weighted by Gasteiger charge is -2.04. The van der Waals surface area contributed by atoms with Crippen LogP contribution in [-0.4, -0.2) is 14.9 Å². The van der Waals surface area contributed by atoms with E-state index in [9.17, 15) is 5.11 Å². The number of aryl methyl sites for hydroxylation is 2. The molecule has 0 unspecified atom stereocenters. The van der Waals surface area contributed by atoms with Crippen LogP contribution in [0, 0.1) is 0 Å². The Morgan fingerprint density at radius 1 is 1.17 bits per heavy atom. The number of aromatic nitrogens is 2. The second-order valence-electron chi connectivity index (χ2n) is 4.43. The van der Waals surface area contributed by atoms with E-state index in [-0.39, 0.29) is 0 Å². The van der Waals surface area contributed by atoms with E-state index in [4.69, 9.17) is 0 Å². The van der Waals surface area contributed by atoms with Crippen LogP contribution < -0.4 is 0 Å². The number of benzene rings is 1. The van der Waals surface area contributed by atoms with Gasteiger partial charge in [0.15, 0.2) is 5.75 Å². The SMILES string of the molecule is CCCCc1nn(CC)c(-c2ccccc2)c1O. The average Bonchev–Trinajstić information content (AvgIpc) is 2.74. The number of rotatable bonds is 5. The highest BCUT2D eigenvalue weighted by Gasteiger charge is 2.17. The van der Waals surface area contributed by atoms with Gasteiger partial charge in [0.2, 0.25) is 0 Å². The molecule has 18 heavy (non-hydrogen) atoms. The maximum atomic E-state index is 10.3. The van der Waals surface area contributed by atoms with E-state index in [1.807, 2.05) is 41.9 Å². The molecular formula is C15H20N2O. The fourth-order valence-electron chi connectivity index (χ4n) is 2.13. The van der Waals surface area contributed by atoms with Crippen molar-refractivity contribution in [2.75, 3.05) is 0 Å². The summed E-state index contributed by atoms with van der Waals surface area (Å²) in [6.45, 7) is 4.96. The summed E-state index contributed by atoms with van der Waals surface area (Å²) in [7, 11) is 0. The normalized spacial score (nSPS) is 10.8. The fraction of sp³-hybridized carbons (Fsp3) is 0.400. The molecule has 1 N–H and O–H groups in total. The van der Waals surface area contributed by atoms with Crippen molar-refractivity contribution >= 4 is 0 Å². The van der Waals surface area contributed by atoms with E-state index in [0.717, 1.165) is 42.8 Å². The molecule has 2 rings (SSSR count). The highest BCUT2D eigenvalue weighted by atomic mass is 16.3. The maximum absolute atomic E-state index is 10.3. The van der Waals surface area contributed by atoms with E-state index >= 15 is 0 Å². The van der Waals surface area contributed by atoms with Gasteiger partial charge in [0.05, 0.1) is 0 Å². The molecule has 0 fully saturated rings. The van der Waals surface area contributed by atoms with E-state index in [1.54, 1.807) is 0 Å². The van der Waals surface area contributed by atoms with Gasteiger partial charge in [0, 0.05) is 12.1 Å². The Morgan fingerprint density at radius 2 is 1.89 bits per heavy atom. The molecule has 0 aliphatic rings. The van der Waals surface area contributed by atoms with Crippen LogP contribution in [0.2, 0.25) is 0 Å². The molecule has 2 aromatic rings. The van der Waals surface area contributed by atoms with E-state index in [2.05, 4.69) is 12.0 Å². The third-order valence-electron chi connectivity index (χ3n) is 3.11. The molecule has 0 saturated carbocycles. The first kappa shape index (κ1) is 12.7. The minimum Gasteiger partial charge on any atom is -0.504 e. The van der Waals surface area contributed by atoms with Crippen molar-refractivity contribution in [1.29, 1.82) is 0 Å². The first-order valence-corrected chi connectivity index (χ1v) is 6.62. The third-order valence-corrected chi connectivity index (χ3v) is 3.11.